The van der Waals surface area contributed by atoms with Crippen LogP contribution in [0.15, 0.2) is 41.9 Å². The molecule has 0 aliphatic carbocycles. The molecule has 3 nitrogen and oxygen atoms in total. The second-order valence-electron chi connectivity index (χ2n) is 3.77. The Bertz CT molecular complexity index is 691. The first-order valence-corrected chi connectivity index (χ1v) is 6.05. The maximum Gasteiger partial charge on any atom is 0.132 e. The molecule has 0 radical (unpaired) electrons. The molecule has 4 heteroatoms. The Hall–Kier alpha value is -2.07. The van der Waals surface area contributed by atoms with Crippen molar-refractivity contribution in [2.45, 2.75) is 0 Å². The summed E-state index contributed by atoms with van der Waals surface area (Å²) in [5.74, 6) is 0.784. The molecule has 0 saturated carbocycles. The smallest absolute Gasteiger partial charge is 0.132 e. The van der Waals surface area contributed by atoms with Crippen molar-refractivity contribution < 1.29 is 5.11 Å². The summed E-state index contributed by atoms with van der Waals surface area (Å²) in [4.78, 5) is 4.11. The van der Waals surface area contributed by atoms with Gasteiger partial charge in [0, 0.05) is 21.8 Å². The standard InChI is InChI=1S/C13H10N2OS/c14-13-12-10(7-17-11(12)4-5-15-13)8-2-1-3-9(16)6-8/h1-7,16H,(H2,14,15). The van der Waals surface area contributed by atoms with Crippen LogP contribution in [0.1, 0.15) is 0 Å². The van der Waals surface area contributed by atoms with Gasteiger partial charge in [-0.25, -0.2) is 4.98 Å². The lowest BCUT2D eigenvalue weighted by molar-refractivity contribution is 0.475. The van der Waals surface area contributed by atoms with Crippen molar-refractivity contribution in [2.75, 3.05) is 5.73 Å². The van der Waals surface area contributed by atoms with Crippen molar-refractivity contribution in [2.24, 2.45) is 0 Å². The number of aromatic nitrogens is 1. The molecule has 0 atom stereocenters. The van der Waals surface area contributed by atoms with Gasteiger partial charge in [-0.05, 0) is 29.1 Å². The maximum absolute atomic E-state index is 9.51. The summed E-state index contributed by atoms with van der Waals surface area (Å²) in [6.07, 6.45) is 1.71. The number of anilines is 1. The molecular weight excluding hydrogens is 232 g/mol. The highest BCUT2D eigenvalue weighted by Gasteiger charge is 2.10. The number of nitrogens with zero attached hydrogens (tertiary/aromatic N) is 1. The van der Waals surface area contributed by atoms with Crippen molar-refractivity contribution in [3.05, 3.63) is 41.9 Å². The highest BCUT2D eigenvalue weighted by Crippen LogP contribution is 2.37. The van der Waals surface area contributed by atoms with Gasteiger partial charge < -0.3 is 10.8 Å². The third kappa shape index (κ3) is 1.62. The third-order valence-electron chi connectivity index (χ3n) is 2.67. The molecule has 1 aromatic carbocycles. The lowest BCUT2D eigenvalue weighted by atomic mass is 10.1. The van der Waals surface area contributed by atoms with Gasteiger partial charge in [0.1, 0.15) is 11.6 Å². The van der Waals surface area contributed by atoms with E-state index in [-0.39, 0.29) is 5.75 Å². The molecule has 0 aliphatic rings. The van der Waals surface area contributed by atoms with Crippen molar-refractivity contribution in [1.82, 2.24) is 4.98 Å². The minimum atomic E-state index is 0.254. The zero-order valence-electron chi connectivity index (χ0n) is 8.92. The van der Waals surface area contributed by atoms with Crippen LogP contribution >= 0.6 is 11.3 Å². The Morgan fingerprint density at radius 1 is 1.24 bits per heavy atom. The summed E-state index contributed by atoms with van der Waals surface area (Å²) in [7, 11) is 0. The fourth-order valence-corrected chi connectivity index (χ4v) is 2.87. The molecule has 17 heavy (non-hydrogen) atoms. The summed E-state index contributed by atoms with van der Waals surface area (Å²) >= 11 is 1.63. The topological polar surface area (TPSA) is 59.1 Å². The number of nitrogen functional groups attached to an aromatic ring is 1. The van der Waals surface area contributed by atoms with E-state index < -0.39 is 0 Å². The van der Waals surface area contributed by atoms with E-state index >= 15 is 0 Å². The average molecular weight is 242 g/mol. The Morgan fingerprint density at radius 3 is 2.94 bits per heavy atom. The molecule has 3 N–H and O–H groups in total. The van der Waals surface area contributed by atoms with Crippen LogP contribution in [-0.2, 0) is 0 Å². The van der Waals surface area contributed by atoms with Gasteiger partial charge in [0.15, 0.2) is 0 Å². The summed E-state index contributed by atoms with van der Waals surface area (Å²) in [6, 6.07) is 9.10. The van der Waals surface area contributed by atoms with Gasteiger partial charge in [0.2, 0.25) is 0 Å². The monoisotopic (exact) mass is 242 g/mol. The van der Waals surface area contributed by atoms with E-state index in [0.29, 0.717) is 5.82 Å². The number of aromatic hydroxyl groups is 1. The predicted octanol–water partition coefficient (Wildman–Crippen LogP) is 3.25. The van der Waals surface area contributed by atoms with Crippen LogP contribution in [0.4, 0.5) is 5.82 Å². The number of nitrogens with two attached hydrogens (primary N) is 1. The summed E-state index contributed by atoms with van der Waals surface area (Å²) < 4.78 is 1.11. The van der Waals surface area contributed by atoms with E-state index in [1.54, 1.807) is 29.7 Å². The van der Waals surface area contributed by atoms with E-state index in [1.165, 1.54) is 0 Å². The fraction of sp³-hybridized carbons (Fsp3) is 0. The van der Waals surface area contributed by atoms with Crippen molar-refractivity contribution in [1.29, 1.82) is 0 Å². The van der Waals surface area contributed by atoms with Crippen molar-refractivity contribution in [3.8, 4) is 16.9 Å². The summed E-state index contributed by atoms with van der Waals surface area (Å²) in [6.45, 7) is 0. The summed E-state index contributed by atoms with van der Waals surface area (Å²) in [5, 5.41) is 12.5. The van der Waals surface area contributed by atoms with Crippen LogP contribution in [0.5, 0.6) is 5.75 Å². The van der Waals surface area contributed by atoms with Crippen LogP contribution in [0.3, 0.4) is 0 Å². The lowest BCUT2D eigenvalue weighted by Crippen LogP contribution is -1.89. The molecule has 0 unspecified atom stereocenters. The predicted molar refractivity (Wildman–Crippen MR) is 71.1 cm³/mol. The van der Waals surface area contributed by atoms with E-state index in [9.17, 15) is 5.11 Å². The van der Waals surface area contributed by atoms with Crippen LogP contribution < -0.4 is 5.73 Å². The molecule has 0 aliphatic heterocycles. The molecule has 0 bridgehead atoms. The molecule has 84 valence electrons. The second-order valence-corrected chi connectivity index (χ2v) is 4.68. The van der Waals surface area contributed by atoms with Gasteiger partial charge in [0.05, 0.1) is 0 Å². The highest BCUT2D eigenvalue weighted by molar-refractivity contribution is 7.17. The van der Waals surface area contributed by atoms with Crippen LogP contribution in [0.2, 0.25) is 0 Å². The number of phenolic OH excluding ortho intramolecular Hbond substituents is 1. The minimum absolute atomic E-state index is 0.254. The SMILES string of the molecule is Nc1nccc2scc(-c3cccc(O)c3)c12. The number of thiophene rings is 1. The number of hydrogen-bond donors (Lipinski definition) is 2. The maximum atomic E-state index is 9.51. The van der Waals surface area contributed by atoms with E-state index in [0.717, 1.165) is 21.2 Å². The first-order valence-electron chi connectivity index (χ1n) is 5.17. The lowest BCUT2D eigenvalue weighted by Gasteiger charge is -2.02. The van der Waals surface area contributed by atoms with Gasteiger partial charge in [-0.15, -0.1) is 11.3 Å². The van der Waals surface area contributed by atoms with Gasteiger partial charge in [-0.1, -0.05) is 12.1 Å². The molecule has 0 saturated heterocycles. The molecule has 3 aromatic rings. The second kappa shape index (κ2) is 3.75. The number of fused-ring (bicyclic) bond motifs is 1. The van der Waals surface area contributed by atoms with Gasteiger partial charge in [-0.3, -0.25) is 0 Å². The van der Waals surface area contributed by atoms with Crippen molar-refractivity contribution >= 4 is 27.2 Å². The fourth-order valence-electron chi connectivity index (χ4n) is 1.90. The van der Waals surface area contributed by atoms with Crippen LogP contribution in [0, 0.1) is 0 Å². The number of phenols is 1. The number of rotatable bonds is 1. The highest BCUT2D eigenvalue weighted by atomic mass is 32.1. The number of pyridine rings is 1. The van der Waals surface area contributed by atoms with Gasteiger partial charge in [0.25, 0.3) is 0 Å². The van der Waals surface area contributed by atoms with E-state index in [1.807, 2.05) is 23.6 Å². The normalized spacial score (nSPS) is 10.8. The zero-order valence-corrected chi connectivity index (χ0v) is 9.74. The van der Waals surface area contributed by atoms with Crippen molar-refractivity contribution in [3.63, 3.8) is 0 Å². The first kappa shape index (κ1) is 10.1. The largest absolute Gasteiger partial charge is 0.508 e. The molecule has 3 rings (SSSR count). The minimum Gasteiger partial charge on any atom is -0.508 e. The van der Waals surface area contributed by atoms with Gasteiger partial charge >= 0.3 is 0 Å². The first-order chi connectivity index (χ1) is 8.25. The third-order valence-corrected chi connectivity index (χ3v) is 3.62. The van der Waals surface area contributed by atoms with E-state index in [4.69, 9.17) is 5.73 Å². The molecule has 0 fully saturated rings. The molecule has 0 amide bonds. The van der Waals surface area contributed by atoms with Crippen LogP contribution in [0.25, 0.3) is 21.2 Å². The molecule has 2 aromatic heterocycles. The number of benzene rings is 1. The average Bonchev–Trinajstić information content (AvgIpc) is 2.74. The molecule has 0 spiro atoms. The Kier molecular flexibility index (Phi) is 2.23. The zero-order chi connectivity index (χ0) is 11.8. The van der Waals surface area contributed by atoms with E-state index in [2.05, 4.69) is 4.98 Å². The Balaban J connectivity index is 2.31. The van der Waals surface area contributed by atoms with Gasteiger partial charge in [-0.2, -0.15) is 0 Å². The quantitative estimate of drug-likeness (QED) is 0.688. The Morgan fingerprint density at radius 2 is 2.12 bits per heavy atom. The molecular formula is C13H10N2OS. The number of hydrogen-bond acceptors (Lipinski definition) is 4. The van der Waals surface area contributed by atoms with Crippen LogP contribution in [-0.4, -0.2) is 10.1 Å². The summed E-state index contributed by atoms with van der Waals surface area (Å²) in [5.41, 5.74) is 7.88. The molecule has 2 heterocycles. The Labute approximate surface area is 102 Å².